The number of aliphatic hydroxyl groups is 1. The van der Waals surface area contributed by atoms with Crippen LogP contribution in [-0.4, -0.2) is 69.6 Å². The third kappa shape index (κ3) is 5.51. The van der Waals surface area contributed by atoms with Gasteiger partial charge >= 0.3 is 0 Å². The Bertz CT molecular complexity index is 1720. The fourth-order valence-corrected chi connectivity index (χ4v) is 8.89. The van der Waals surface area contributed by atoms with E-state index in [4.69, 9.17) is 4.74 Å². The Balaban J connectivity index is 1.52. The molecule has 3 fully saturated rings. The van der Waals surface area contributed by atoms with E-state index >= 15 is 9.59 Å². The highest BCUT2D eigenvalue weighted by atomic mass is 16.5. The van der Waals surface area contributed by atoms with Crippen LogP contribution in [0.3, 0.4) is 0 Å². The molecule has 0 radical (unpaired) electrons. The number of para-hydroxylation sites is 1. The second-order valence-corrected chi connectivity index (χ2v) is 14.0. The molecular weight excluding hydrogens is 614 g/mol. The zero-order chi connectivity index (χ0) is 35.1. The van der Waals surface area contributed by atoms with Crippen molar-refractivity contribution in [3.63, 3.8) is 0 Å². The molecule has 3 aliphatic heterocycles. The molecule has 1 N–H and O–H groups in total. The summed E-state index contributed by atoms with van der Waals surface area (Å²) in [5, 5.41) is 11.0. The van der Waals surface area contributed by atoms with Crippen LogP contribution in [0, 0.1) is 31.6 Å². The second kappa shape index (κ2) is 13.4. The van der Waals surface area contributed by atoms with Crippen molar-refractivity contribution < 1.29 is 24.2 Å². The number of benzene rings is 3. The van der Waals surface area contributed by atoms with E-state index in [1.165, 1.54) is 0 Å². The topological polar surface area (TPSA) is 90.4 Å². The lowest BCUT2D eigenvalue weighted by molar-refractivity contribution is -0.154. The van der Waals surface area contributed by atoms with Gasteiger partial charge in [-0.2, -0.15) is 0 Å². The van der Waals surface area contributed by atoms with E-state index in [0.29, 0.717) is 18.5 Å². The van der Waals surface area contributed by atoms with Gasteiger partial charge in [0.05, 0.1) is 30.1 Å². The molecule has 49 heavy (non-hydrogen) atoms. The summed E-state index contributed by atoms with van der Waals surface area (Å²) in [5.41, 5.74) is 1.93. The van der Waals surface area contributed by atoms with Crippen molar-refractivity contribution in [1.29, 1.82) is 0 Å². The van der Waals surface area contributed by atoms with Crippen molar-refractivity contribution in [2.45, 2.75) is 63.9 Å². The first-order chi connectivity index (χ1) is 23.5. The van der Waals surface area contributed by atoms with Gasteiger partial charge in [-0.15, -0.1) is 13.2 Å². The van der Waals surface area contributed by atoms with Crippen LogP contribution in [0.25, 0.3) is 0 Å². The minimum Gasteiger partial charge on any atom is -0.394 e. The van der Waals surface area contributed by atoms with E-state index in [0.717, 1.165) is 22.4 Å². The molecule has 3 unspecified atom stereocenters. The van der Waals surface area contributed by atoms with Gasteiger partial charge in [0.15, 0.2) is 0 Å². The Morgan fingerprint density at radius 2 is 1.57 bits per heavy atom. The van der Waals surface area contributed by atoms with Gasteiger partial charge in [-0.05, 0) is 55.4 Å². The monoisotopic (exact) mass is 661 g/mol. The number of hydrogen-bond donors (Lipinski definition) is 1. The summed E-state index contributed by atoms with van der Waals surface area (Å²) in [6.45, 7) is 16.2. The quantitative estimate of drug-likeness (QED) is 0.249. The van der Waals surface area contributed by atoms with E-state index in [9.17, 15) is 9.90 Å². The Morgan fingerprint density at radius 3 is 2.16 bits per heavy atom. The third-order valence-corrected chi connectivity index (χ3v) is 11.1. The molecular formula is C41H47N3O5. The molecule has 3 saturated heterocycles. The van der Waals surface area contributed by atoms with Crippen LogP contribution in [-0.2, 0) is 25.7 Å². The molecule has 0 aliphatic carbocycles. The van der Waals surface area contributed by atoms with Crippen molar-refractivity contribution in [3.05, 3.63) is 126 Å². The molecule has 0 saturated carbocycles. The Labute approximate surface area is 289 Å². The van der Waals surface area contributed by atoms with E-state index in [1.54, 1.807) is 26.9 Å². The van der Waals surface area contributed by atoms with Crippen molar-refractivity contribution in [1.82, 2.24) is 9.80 Å². The van der Waals surface area contributed by atoms with Gasteiger partial charge in [0.25, 0.3) is 5.91 Å². The summed E-state index contributed by atoms with van der Waals surface area (Å²) in [6.07, 6.45) is 3.79. The van der Waals surface area contributed by atoms with Gasteiger partial charge in [-0.3, -0.25) is 14.4 Å². The van der Waals surface area contributed by atoms with Gasteiger partial charge in [0.2, 0.25) is 11.8 Å². The molecule has 0 aromatic heterocycles. The fraction of sp³-hybridized carbons (Fsp3) is 0.390. The summed E-state index contributed by atoms with van der Waals surface area (Å²) in [6, 6.07) is 22.9. The Kier molecular flexibility index (Phi) is 9.40. The molecule has 3 aromatic carbocycles. The van der Waals surface area contributed by atoms with Gasteiger partial charge in [-0.1, -0.05) is 97.9 Å². The number of anilines is 1. The summed E-state index contributed by atoms with van der Waals surface area (Å²) in [7, 11) is 0. The second-order valence-electron chi connectivity index (χ2n) is 14.0. The molecule has 1 spiro atoms. The minimum atomic E-state index is -1.30. The van der Waals surface area contributed by atoms with Crippen molar-refractivity contribution >= 4 is 23.4 Å². The van der Waals surface area contributed by atoms with Crippen molar-refractivity contribution in [3.8, 4) is 0 Å². The molecule has 3 heterocycles. The Morgan fingerprint density at radius 1 is 0.959 bits per heavy atom. The normalized spacial score (nSPS) is 27.4. The molecule has 256 valence electrons. The summed E-state index contributed by atoms with van der Waals surface area (Å²) >= 11 is 0. The molecule has 7 atom stereocenters. The van der Waals surface area contributed by atoms with E-state index in [2.05, 4.69) is 13.2 Å². The van der Waals surface area contributed by atoms with Gasteiger partial charge in [-0.25, -0.2) is 0 Å². The first-order valence-electron chi connectivity index (χ1n) is 17.1. The summed E-state index contributed by atoms with van der Waals surface area (Å²) < 4.78 is 7.09. The largest absolute Gasteiger partial charge is 0.394 e. The third-order valence-electron chi connectivity index (χ3n) is 11.1. The maximum Gasteiger partial charge on any atom is 0.253 e. The fourth-order valence-electron chi connectivity index (χ4n) is 8.89. The number of likely N-dealkylation sites (tertiary alicyclic amines) is 1. The van der Waals surface area contributed by atoms with Crippen LogP contribution in [0.2, 0.25) is 0 Å². The predicted octanol–water partition coefficient (Wildman–Crippen LogP) is 5.78. The number of fused-ring (bicyclic) bond motifs is 1. The number of nitrogens with zero attached hydrogens (tertiary/aromatic N) is 3. The molecule has 3 amide bonds. The maximum atomic E-state index is 15.4. The van der Waals surface area contributed by atoms with E-state index < -0.39 is 41.7 Å². The van der Waals surface area contributed by atoms with Crippen LogP contribution < -0.4 is 4.90 Å². The summed E-state index contributed by atoms with van der Waals surface area (Å²) in [4.78, 5) is 50.4. The van der Waals surface area contributed by atoms with Crippen LogP contribution in [0.15, 0.2) is 104 Å². The molecule has 8 nitrogen and oxygen atoms in total. The van der Waals surface area contributed by atoms with Crippen LogP contribution >= 0.6 is 0 Å². The number of aliphatic hydroxyl groups excluding tert-OH is 1. The zero-order valence-corrected chi connectivity index (χ0v) is 28.9. The molecule has 3 aromatic rings. The first-order valence-corrected chi connectivity index (χ1v) is 17.1. The van der Waals surface area contributed by atoms with E-state index in [1.807, 2.05) is 107 Å². The molecule has 3 aliphatic rings. The van der Waals surface area contributed by atoms with Gasteiger partial charge in [0, 0.05) is 25.3 Å². The number of ether oxygens (including phenoxy) is 1. The SMILES string of the molecule is C=CCN(Cc1ccccc1)C(=O)[C@@H]1[C@H]2C(=O)N([C@H](CO)c3ccccc3)C(C(=O)N(CC=C)c3c(C)cccc3C)C23CC(C)[C@@]1(C)O3. The van der Waals surface area contributed by atoms with Gasteiger partial charge < -0.3 is 24.5 Å². The average Bonchev–Trinajstić information content (AvgIpc) is 3.61. The minimum absolute atomic E-state index is 0.139. The standard InChI is InChI=1S/C41H47N3O5/c1-7-22-42(25-30-18-11-9-12-19-30)37(46)33-34-38(47)44(32(26-45)31-20-13-10-14-21-31)36(41(34)24-29(5)40(33,6)49-41)39(48)43(23-8-2)35-27(3)16-15-17-28(35)4/h7-21,29,32-34,36,45H,1-2,22-26H2,3-6H3/t29?,32-,33+,34+,36?,40-,41?/m1/s1. The Hall–Kier alpha value is -4.53. The van der Waals surface area contributed by atoms with E-state index in [-0.39, 0.29) is 36.7 Å². The van der Waals surface area contributed by atoms with Crippen LogP contribution in [0.4, 0.5) is 5.69 Å². The lowest BCUT2D eigenvalue weighted by Gasteiger charge is -2.40. The highest BCUT2D eigenvalue weighted by molar-refractivity contribution is 6.06. The predicted molar refractivity (Wildman–Crippen MR) is 190 cm³/mol. The highest BCUT2D eigenvalue weighted by Crippen LogP contribution is 2.66. The average molecular weight is 662 g/mol. The smallest absolute Gasteiger partial charge is 0.253 e. The number of carbonyl (C=O) groups excluding carboxylic acids is 3. The van der Waals surface area contributed by atoms with Gasteiger partial charge in [0.1, 0.15) is 11.6 Å². The number of hydrogen-bond acceptors (Lipinski definition) is 5. The molecule has 8 heteroatoms. The lowest BCUT2D eigenvalue weighted by atomic mass is 9.62. The highest BCUT2D eigenvalue weighted by Gasteiger charge is 2.80. The number of aryl methyl sites for hydroxylation is 2. The number of carbonyl (C=O) groups is 3. The van der Waals surface area contributed by atoms with Crippen molar-refractivity contribution in [2.24, 2.45) is 17.8 Å². The zero-order valence-electron chi connectivity index (χ0n) is 28.9. The van der Waals surface area contributed by atoms with Crippen LogP contribution in [0.1, 0.15) is 48.6 Å². The maximum absolute atomic E-state index is 15.4. The van der Waals surface area contributed by atoms with Crippen molar-refractivity contribution in [2.75, 3.05) is 24.6 Å². The first kappa shape index (κ1) is 34.3. The molecule has 6 rings (SSSR count). The van der Waals surface area contributed by atoms with Crippen LogP contribution in [0.5, 0.6) is 0 Å². The lowest BCUT2D eigenvalue weighted by Crippen LogP contribution is -2.58. The molecule has 2 bridgehead atoms. The summed E-state index contributed by atoms with van der Waals surface area (Å²) in [5.74, 6) is -2.80. The number of rotatable bonds is 12. The number of amides is 3.